The van der Waals surface area contributed by atoms with Crippen LogP contribution in [0.1, 0.15) is 60.2 Å². The number of nitrogens with zero attached hydrogens (tertiary/aromatic N) is 2. The second kappa shape index (κ2) is 14.0. The summed E-state index contributed by atoms with van der Waals surface area (Å²) in [4.78, 5) is 40.9. The third-order valence-corrected chi connectivity index (χ3v) is 8.89. The summed E-state index contributed by atoms with van der Waals surface area (Å²) in [6, 6.07) is 12.6. The van der Waals surface area contributed by atoms with Crippen LogP contribution in [0.25, 0.3) is 0 Å². The summed E-state index contributed by atoms with van der Waals surface area (Å²) in [5.41, 5.74) is 5.37. The molecule has 6 aliphatic rings. The van der Waals surface area contributed by atoms with E-state index in [0.29, 0.717) is 69.0 Å². The van der Waals surface area contributed by atoms with Gasteiger partial charge in [-0.05, 0) is 73.1 Å². The number of piperidine rings is 1. The Labute approximate surface area is 263 Å². The van der Waals surface area contributed by atoms with E-state index >= 15 is 0 Å². The Morgan fingerprint density at radius 1 is 1.02 bits per heavy atom. The maximum atomic E-state index is 13.4. The molecule has 1 fully saturated rings. The van der Waals surface area contributed by atoms with Crippen LogP contribution in [0, 0.1) is 0 Å². The zero-order valence-electron chi connectivity index (χ0n) is 25.7. The largest absolute Gasteiger partial charge is 0.493 e. The van der Waals surface area contributed by atoms with Gasteiger partial charge in [-0.15, -0.1) is 0 Å². The molecule has 3 amide bonds. The lowest BCUT2D eigenvalue weighted by atomic mass is 9.94. The Bertz CT molecular complexity index is 1520. The molecule has 4 bridgehead atoms. The highest BCUT2D eigenvalue weighted by Crippen LogP contribution is 2.29. The van der Waals surface area contributed by atoms with Crippen molar-refractivity contribution in [2.45, 2.75) is 76.5 Å². The molecule has 11 nitrogen and oxygen atoms in total. The SMILES string of the molecule is COc1cc2ccc1OCC(=O)N[C@@H]1CN(C(=O)CCc3n[nH]c4c3CCCC4)CC[C@H]1Oc1ccc(cc1)CNC(=O)CC2. The number of carbonyl (C=O) groups excluding carboxylic acids is 3. The van der Waals surface area contributed by atoms with Crippen molar-refractivity contribution in [1.29, 1.82) is 0 Å². The molecule has 3 N–H and O–H groups in total. The fraction of sp³-hybridized carbons (Fsp3) is 0.471. The van der Waals surface area contributed by atoms with Crippen LogP contribution in [0.4, 0.5) is 0 Å². The lowest BCUT2D eigenvalue weighted by Crippen LogP contribution is -2.58. The number of likely N-dealkylation sites (tertiary alicyclic amines) is 1. The van der Waals surface area contributed by atoms with Gasteiger partial charge in [0, 0.05) is 51.0 Å². The first-order valence-electron chi connectivity index (χ1n) is 15.9. The highest BCUT2D eigenvalue weighted by Gasteiger charge is 2.34. The summed E-state index contributed by atoms with van der Waals surface area (Å²) < 4.78 is 17.7. The average molecular weight is 616 g/mol. The number of nitrogens with one attached hydrogen (secondary N) is 3. The van der Waals surface area contributed by atoms with Crippen molar-refractivity contribution in [1.82, 2.24) is 25.7 Å². The number of rotatable bonds is 4. The Balaban J connectivity index is 1.16. The second-order valence-corrected chi connectivity index (χ2v) is 12.0. The number of hydrogen-bond acceptors (Lipinski definition) is 7. The van der Waals surface area contributed by atoms with Crippen LogP contribution in [0.2, 0.25) is 0 Å². The lowest BCUT2D eigenvalue weighted by Gasteiger charge is -2.39. The minimum Gasteiger partial charge on any atom is -0.493 e. The summed E-state index contributed by atoms with van der Waals surface area (Å²) in [7, 11) is 1.54. The molecule has 1 saturated heterocycles. The van der Waals surface area contributed by atoms with Crippen molar-refractivity contribution in [3.63, 3.8) is 0 Å². The number of benzene rings is 2. The van der Waals surface area contributed by atoms with Crippen LogP contribution in [0.5, 0.6) is 17.2 Å². The first kappa shape index (κ1) is 30.5. The average Bonchev–Trinajstić information content (AvgIpc) is 3.48. The van der Waals surface area contributed by atoms with Gasteiger partial charge in [0.15, 0.2) is 18.1 Å². The third kappa shape index (κ3) is 7.58. The van der Waals surface area contributed by atoms with Crippen LogP contribution in [0.3, 0.4) is 0 Å². The van der Waals surface area contributed by atoms with E-state index in [1.165, 1.54) is 17.7 Å². The standard InChI is InChI=1S/C34H41N5O6/c1-43-31-18-22-8-13-30(31)44-21-33(41)36-28-20-39(34(42)15-12-27-25-4-2-3-5-26(25)37-38-27)17-16-29(28)45-24-10-6-23(7-11-24)19-35-32(40)14-9-22/h6-8,10-11,13,18,28-29H,2-5,9,12,14-17,19-21H2,1H3,(H,35,40)(H,36,41)(H,37,38)/t28-,29-/m1/s1. The molecule has 2 aromatic carbocycles. The van der Waals surface area contributed by atoms with Crippen LogP contribution in [-0.4, -0.2) is 71.8 Å². The maximum Gasteiger partial charge on any atom is 0.258 e. The minimum atomic E-state index is -0.439. The van der Waals surface area contributed by atoms with E-state index in [1.807, 2.05) is 41.3 Å². The first-order chi connectivity index (χ1) is 21.9. The van der Waals surface area contributed by atoms with Gasteiger partial charge in [-0.1, -0.05) is 18.2 Å². The molecule has 1 aromatic heterocycles. The minimum absolute atomic E-state index is 0.0363. The number of amides is 3. The van der Waals surface area contributed by atoms with Gasteiger partial charge in [-0.2, -0.15) is 5.10 Å². The highest BCUT2D eigenvalue weighted by molar-refractivity contribution is 5.79. The molecular weight excluding hydrogens is 574 g/mol. The molecule has 3 aromatic rings. The summed E-state index contributed by atoms with van der Waals surface area (Å²) in [5.74, 6) is 1.25. The lowest BCUT2D eigenvalue weighted by molar-refractivity contribution is -0.135. The number of aromatic nitrogens is 2. The Morgan fingerprint density at radius 2 is 1.84 bits per heavy atom. The quantitative estimate of drug-likeness (QED) is 0.411. The van der Waals surface area contributed by atoms with Crippen LogP contribution in [-0.2, 0) is 46.6 Å². The van der Waals surface area contributed by atoms with Gasteiger partial charge in [0.1, 0.15) is 11.9 Å². The van der Waals surface area contributed by atoms with Gasteiger partial charge >= 0.3 is 0 Å². The van der Waals surface area contributed by atoms with Crippen molar-refractivity contribution in [2.24, 2.45) is 0 Å². The molecule has 11 heteroatoms. The van der Waals surface area contributed by atoms with Crippen molar-refractivity contribution < 1.29 is 28.6 Å². The molecule has 238 valence electrons. The molecule has 6 heterocycles. The number of aromatic amines is 1. The van der Waals surface area contributed by atoms with E-state index in [1.54, 1.807) is 13.2 Å². The zero-order valence-corrected chi connectivity index (χ0v) is 25.7. The number of H-pyrrole nitrogens is 1. The number of fused-ring (bicyclic) bond motifs is 1. The zero-order chi connectivity index (χ0) is 31.2. The number of methoxy groups -OCH3 is 1. The molecule has 45 heavy (non-hydrogen) atoms. The molecule has 1 aliphatic carbocycles. The molecule has 5 aliphatic heterocycles. The first-order valence-corrected chi connectivity index (χ1v) is 15.9. The van der Waals surface area contributed by atoms with Crippen molar-refractivity contribution in [2.75, 3.05) is 26.8 Å². The van der Waals surface area contributed by atoms with Crippen molar-refractivity contribution in [3.05, 3.63) is 70.5 Å². The van der Waals surface area contributed by atoms with E-state index in [2.05, 4.69) is 20.8 Å². The summed E-state index contributed by atoms with van der Waals surface area (Å²) >= 11 is 0. The summed E-state index contributed by atoms with van der Waals surface area (Å²) in [6.07, 6.45) is 6.41. The van der Waals surface area contributed by atoms with E-state index in [0.717, 1.165) is 36.1 Å². The molecule has 0 radical (unpaired) electrons. The van der Waals surface area contributed by atoms with Gasteiger partial charge < -0.3 is 29.7 Å². The fourth-order valence-corrected chi connectivity index (χ4v) is 6.36. The van der Waals surface area contributed by atoms with Gasteiger partial charge in [0.05, 0.1) is 18.8 Å². The number of aryl methyl sites for hydroxylation is 3. The predicted molar refractivity (Wildman–Crippen MR) is 166 cm³/mol. The monoisotopic (exact) mass is 615 g/mol. The highest BCUT2D eigenvalue weighted by atomic mass is 16.5. The van der Waals surface area contributed by atoms with Crippen LogP contribution >= 0.6 is 0 Å². The Morgan fingerprint density at radius 3 is 2.69 bits per heavy atom. The topological polar surface area (TPSA) is 135 Å². The third-order valence-electron chi connectivity index (χ3n) is 8.89. The van der Waals surface area contributed by atoms with Gasteiger partial charge in [0.2, 0.25) is 11.8 Å². The molecule has 2 atom stereocenters. The number of ether oxygens (including phenoxy) is 3. The Hall–Kier alpha value is -4.54. The van der Waals surface area contributed by atoms with Gasteiger partial charge in [-0.3, -0.25) is 19.5 Å². The number of hydrogen-bond donors (Lipinski definition) is 3. The molecule has 9 rings (SSSR count). The molecule has 0 unspecified atom stereocenters. The molecular formula is C34H41N5O6. The van der Waals surface area contributed by atoms with E-state index in [9.17, 15) is 14.4 Å². The smallest absolute Gasteiger partial charge is 0.258 e. The number of carbonyl (C=O) groups is 3. The normalized spacial score (nSPS) is 20.6. The predicted octanol–water partition coefficient (Wildman–Crippen LogP) is 3.04. The van der Waals surface area contributed by atoms with Crippen molar-refractivity contribution >= 4 is 17.7 Å². The van der Waals surface area contributed by atoms with Crippen LogP contribution < -0.4 is 24.8 Å². The second-order valence-electron chi connectivity index (χ2n) is 12.0. The Kier molecular flexibility index (Phi) is 9.52. The molecule has 0 spiro atoms. The van der Waals surface area contributed by atoms with Crippen LogP contribution in [0.15, 0.2) is 42.5 Å². The summed E-state index contributed by atoms with van der Waals surface area (Å²) in [5, 5.41) is 13.7. The van der Waals surface area contributed by atoms with Gasteiger partial charge in [-0.25, -0.2) is 0 Å². The van der Waals surface area contributed by atoms with E-state index in [4.69, 9.17) is 14.2 Å². The van der Waals surface area contributed by atoms with E-state index in [-0.39, 0.29) is 30.4 Å². The van der Waals surface area contributed by atoms with E-state index < -0.39 is 6.04 Å². The fourth-order valence-electron chi connectivity index (χ4n) is 6.36. The molecule has 0 saturated carbocycles. The van der Waals surface area contributed by atoms with Crippen molar-refractivity contribution in [3.8, 4) is 17.2 Å². The van der Waals surface area contributed by atoms with Gasteiger partial charge in [0.25, 0.3) is 5.91 Å². The summed E-state index contributed by atoms with van der Waals surface area (Å²) in [6.45, 7) is 1.04. The maximum absolute atomic E-state index is 13.4.